The summed E-state index contributed by atoms with van der Waals surface area (Å²) >= 11 is 0. The number of carboxylic acids is 1. The third-order valence-electron chi connectivity index (χ3n) is 3.92. The van der Waals surface area contributed by atoms with Gasteiger partial charge in [-0.05, 0) is 39.0 Å². The van der Waals surface area contributed by atoms with Gasteiger partial charge in [-0.2, -0.15) is 0 Å². The number of aliphatic hydroxyl groups excluding tert-OH is 2. The molecule has 3 N–H and O–H groups in total. The number of aliphatic hydroxyl groups is 2. The van der Waals surface area contributed by atoms with Gasteiger partial charge in [0.2, 0.25) is 0 Å². The van der Waals surface area contributed by atoms with Crippen molar-refractivity contribution < 1.29 is 24.9 Å². The van der Waals surface area contributed by atoms with Gasteiger partial charge in [0.15, 0.2) is 0 Å². The van der Waals surface area contributed by atoms with Gasteiger partial charge in [-0.15, -0.1) is 0 Å². The zero-order valence-corrected chi connectivity index (χ0v) is 19.0. The van der Waals surface area contributed by atoms with Crippen LogP contribution in [-0.4, -0.2) is 48.2 Å². The van der Waals surface area contributed by atoms with E-state index in [-0.39, 0.29) is 6.61 Å². The number of methoxy groups -OCH3 is 1. The molecule has 0 aliphatic carbocycles. The molecule has 0 spiro atoms. The molecule has 0 amide bonds. The van der Waals surface area contributed by atoms with Crippen LogP contribution in [0.25, 0.3) is 0 Å². The molecule has 5 heteroatoms. The van der Waals surface area contributed by atoms with Crippen molar-refractivity contribution in [2.24, 2.45) is 0 Å². The van der Waals surface area contributed by atoms with Gasteiger partial charge < -0.3 is 20.1 Å². The number of hydrogen-bond acceptors (Lipinski definition) is 4. The summed E-state index contributed by atoms with van der Waals surface area (Å²) < 4.78 is 4.25. The number of ether oxygens (including phenoxy) is 1. The number of allylic oxidation sites excluding steroid dienone is 2. The molecule has 0 saturated heterocycles. The summed E-state index contributed by atoms with van der Waals surface area (Å²) in [5.41, 5.74) is 0. The van der Waals surface area contributed by atoms with Crippen LogP contribution in [0.2, 0.25) is 0 Å². The molecule has 0 saturated carbocycles. The number of carboxylic acid groups (broad SMARTS) is 1. The summed E-state index contributed by atoms with van der Waals surface area (Å²) in [5, 5.41) is 24.5. The van der Waals surface area contributed by atoms with Crippen LogP contribution < -0.4 is 0 Å². The Morgan fingerprint density at radius 3 is 1.57 bits per heavy atom. The van der Waals surface area contributed by atoms with E-state index in [2.05, 4.69) is 23.8 Å². The van der Waals surface area contributed by atoms with Gasteiger partial charge >= 0.3 is 5.97 Å². The highest BCUT2D eigenvalue weighted by molar-refractivity contribution is 5.66. The lowest BCUT2D eigenvalue weighted by atomic mass is 10.1. The number of unbranched alkanes of at least 4 members (excludes halogenated alkanes) is 11. The zero-order valence-electron chi connectivity index (χ0n) is 19.0. The normalized spacial score (nSPS) is 11.4. The van der Waals surface area contributed by atoms with E-state index < -0.39 is 12.1 Å². The van der Waals surface area contributed by atoms with E-state index in [4.69, 9.17) is 15.3 Å². The summed E-state index contributed by atoms with van der Waals surface area (Å²) in [7, 11) is 3.25. The largest absolute Gasteiger partial charge is 0.481 e. The summed E-state index contributed by atoms with van der Waals surface area (Å²) in [6.07, 6.45) is 20.7. The molecule has 28 heavy (non-hydrogen) atoms. The van der Waals surface area contributed by atoms with Crippen molar-refractivity contribution in [1.82, 2.24) is 0 Å². The van der Waals surface area contributed by atoms with Crippen LogP contribution in [0, 0.1) is 0 Å². The maximum absolute atomic E-state index is 10.3. The van der Waals surface area contributed by atoms with Crippen LogP contribution >= 0.6 is 0 Å². The van der Waals surface area contributed by atoms with Gasteiger partial charge in [0.25, 0.3) is 0 Å². The number of carbonyl (C=O) groups is 1. The van der Waals surface area contributed by atoms with Gasteiger partial charge in [0.05, 0.1) is 12.7 Å². The molecule has 0 heterocycles. The fraction of sp³-hybridized carbons (Fsp3) is 0.870. The van der Waals surface area contributed by atoms with Crippen LogP contribution in [0.3, 0.4) is 0 Å². The predicted molar refractivity (Wildman–Crippen MR) is 119 cm³/mol. The molecule has 0 aliphatic rings. The molecule has 0 aromatic rings. The van der Waals surface area contributed by atoms with Gasteiger partial charge in [0, 0.05) is 20.6 Å². The number of aliphatic carboxylic acids is 1. The maximum Gasteiger partial charge on any atom is 0.303 e. The Hall–Kier alpha value is -0.910. The molecule has 0 aromatic heterocycles. The molecular weight excluding hydrogens is 356 g/mol. The second-order valence-corrected chi connectivity index (χ2v) is 7.17. The first-order valence-electron chi connectivity index (χ1n) is 11.0. The van der Waals surface area contributed by atoms with Crippen molar-refractivity contribution in [2.45, 2.75) is 110 Å². The van der Waals surface area contributed by atoms with Gasteiger partial charge in [-0.1, -0.05) is 70.4 Å². The molecule has 0 aliphatic heterocycles. The molecule has 0 rings (SSSR count). The standard InChI is InChI=1S/C18H34O2.C3H8O2.C2H6O/c1-2-3-4-5-6-7-8-9-10-11-12-13-14-15-16-17-18(19)20;1-3(5)2-4;1-3-2/h9-10H,2-8,11-17H2,1H3,(H,19,20);3-5H,2H2,1H3;1-2H3/b10-9-;;. The van der Waals surface area contributed by atoms with Crippen LogP contribution in [0.1, 0.15) is 104 Å². The second-order valence-electron chi connectivity index (χ2n) is 7.17. The molecule has 5 nitrogen and oxygen atoms in total. The number of hydrogen-bond donors (Lipinski definition) is 3. The van der Waals surface area contributed by atoms with E-state index >= 15 is 0 Å². The smallest absolute Gasteiger partial charge is 0.303 e. The van der Waals surface area contributed by atoms with E-state index in [0.29, 0.717) is 6.42 Å². The Kier molecular flexibility index (Phi) is 35.0. The Labute approximate surface area is 174 Å². The van der Waals surface area contributed by atoms with Gasteiger partial charge in [-0.25, -0.2) is 0 Å². The van der Waals surface area contributed by atoms with Crippen LogP contribution in [-0.2, 0) is 9.53 Å². The Balaban J connectivity index is -0.000000657. The highest BCUT2D eigenvalue weighted by atomic mass is 16.4. The quantitative estimate of drug-likeness (QED) is 0.226. The molecule has 0 fully saturated rings. The minimum absolute atomic E-state index is 0.139. The Morgan fingerprint density at radius 1 is 0.857 bits per heavy atom. The first-order chi connectivity index (χ1) is 13.5. The lowest BCUT2D eigenvalue weighted by molar-refractivity contribution is -0.137. The lowest BCUT2D eigenvalue weighted by Crippen LogP contribution is -2.03. The fourth-order valence-corrected chi connectivity index (χ4v) is 2.35. The maximum atomic E-state index is 10.3. The molecule has 0 bridgehead atoms. The third kappa shape index (κ3) is 44.5. The van der Waals surface area contributed by atoms with Gasteiger partial charge in [-0.3, -0.25) is 4.79 Å². The van der Waals surface area contributed by atoms with Crippen molar-refractivity contribution in [3.8, 4) is 0 Å². The van der Waals surface area contributed by atoms with Crippen molar-refractivity contribution >= 4 is 5.97 Å². The van der Waals surface area contributed by atoms with E-state index in [1.165, 1.54) is 77.6 Å². The molecule has 0 radical (unpaired) electrons. The molecule has 170 valence electrons. The number of rotatable bonds is 16. The summed E-state index contributed by atoms with van der Waals surface area (Å²) in [6.45, 7) is 3.65. The van der Waals surface area contributed by atoms with Gasteiger partial charge in [0.1, 0.15) is 0 Å². The molecule has 1 unspecified atom stereocenters. The average molecular weight is 405 g/mol. The summed E-state index contributed by atoms with van der Waals surface area (Å²) in [4.78, 5) is 10.3. The fourth-order valence-electron chi connectivity index (χ4n) is 2.35. The van der Waals surface area contributed by atoms with Crippen molar-refractivity contribution in [1.29, 1.82) is 0 Å². The lowest BCUT2D eigenvalue weighted by Gasteiger charge is -1.99. The Bertz CT molecular complexity index is 303. The third-order valence-corrected chi connectivity index (χ3v) is 3.92. The highest BCUT2D eigenvalue weighted by Gasteiger charge is 1.95. The second kappa shape index (κ2) is 30.8. The minimum atomic E-state index is -0.664. The predicted octanol–water partition coefficient (Wildman–Crippen LogP) is 5.73. The monoisotopic (exact) mass is 404 g/mol. The molecule has 0 aromatic carbocycles. The first-order valence-corrected chi connectivity index (χ1v) is 11.0. The topological polar surface area (TPSA) is 87.0 Å². The summed E-state index contributed by atoms with van der Waals surface area (Å²) in [5.74, 6) is -0.664. The zero-order chi connectivity index (χ0) is 21.9. The minimum Gasteiger partial charge on any atom is -0.481 e. The van der Waals surface area contributed by atoms with E-state index in [1.807, 2.05) is 0 Å². The van der Waals surface area contributed by atoms with Crippen molar-refractivity contribution in [2.75, 3.05) is 20.8 Å². The molecule has 1 atom stereocenters. The van der Waals surface area contributed by atoms with Crippen LogP contribution in [0.5, 0.6) is 0 Å². The van der Waals surface area contributed by atoms with Crippen LogP contribution in [0.4, 0.5) is 0 Å². The average Bonchev–Trinajstić information content (AvgIpc) is 2.65. The highest BCUT2D eigenvalue weighted by Crippen LogP contribution is 2.09. The van der Waals surface area contributed by atoms with E-state index in [9.17, 15) is 4.79 Å². The SMILES string of the molecule is CC(O)CO.CCCCCCCC/C=C\CCCCCCCC(=O)O.COC. The van der Waals surface area contributed by atoms with E-state index in [1.54, 1.807) is 14.2 Å². The van der Waals surface area contributed by atoms with Crippen molar-refractivity contribution in [3.05, 3.63) is 12.2 Å². The van der Waals surface area contributed by atoms with Crippen molar-refractivity contribution in [3.63, 3.8) is 0 Å². The van der Waals surface area contributed by atoms with Crippen LogP contribution in [0.15, 0.2) is 12.2 Å². The first kappa shape index (κ1) is 31.8. The van der Waals surface area contributed by atoms with E-state index in [0.717, 1.165) is 12.8 Å². The Morgan fingerprint density at radius 2 is 1.21 bits per heavy atom. The summed E-state index contributed by atoms with van der Waals surface area (Å²) in [6, 6.07) is 0. The molecular formula is C23H48O5.